The van der Waals surface area contributed by atoms with E-state index in [9.17, 15) is 14.3 Å². The first-order valence-corrected chi connectivity index (χ1v) is 5.07. The number of carboxylic acid groups (broad SMARTS) is 1. The van der Waals surface area contributed by atoms with Gasteiger partial charge in [0.15, 0.2) is 0 Å². The highest BCUT2D eigenvalue weighted by atomic mass is 19.1. The zero-order valence-electron chi connectivity index (χ0n) is 9.77. The molecule has 0 saturated heterocycles. The van der Waals surface area contributed by atoms with E-state index < -0.39 is 17.2 Å². The molecule has 0 radical (unpaired) electrons. The van der Waals surface area contributed by atoms with Crippen molar-refractivity contribution in [2.24, 2.45) is 0 Å². The first kappa shape index (κ1) is 13.6. The molecule has 1 N–H and O–H groups in total. The van der Waals surface area contributed by atoms with Crippen molar-refractivity contribution in [1.29, 1.82) is 0 Å². The largest absolute Gasteiger partial charge is 0.481 e. The van der Waals surface area contributed by atoms with Gasteiger partial charge in [-0.15, -0.1) is 0 Å². The summed E-state index contributed by atoms with van der Waals surface area (Å²) in [6, 6.07) is 5.35. The van der Waals surface area contributed by atoms with Crippen LogP contribution >= 0.6 is 0 Å². The fraction of sp³-hybridized carbons (Fsp3) is 0.417. The lowest BCUT2D eigenvalue weighted by molar-refractivity contribution is -0.148. The Hall–Kier alpha value is -1.46. The monoisotopic (exact) mass is 242 g/mol. The van der Waals surface area contributed by atoms with Gasteiger partial charge in [0.2, 0.25) is 0 Å². The van der Waals surface area contributed by atoms with Crippen molar-refractivity contribution in [3.8, 4) is 0 Å². The van der Waals surface area contributed by atoms with Gasteiger partial charge >= 0.3 is 5.97 Å². The number of rotatable bonds is 6. The molecule has 0 saturated carbocycles. The molecule has 1 unspecified atom stereocenters. The Morgan fingerprint density at radius 2 is 2.00 bits per heavy atom. The van der Waals surface area contributed by atoms with Gasteiger partial charge in [0.25, 0.3) is 0 Å². The van der Waals surface area contributed by atoms with Crippen LogP contribution in [0.1, 0.15) is 12.5 Å². The number of carbonyl (C=O) groups is 1. The summed E-state index contributed by atoms with van der Waals surface area (Å²) in [6.07, 6.45) is 0. The van der Waals surface area contributed by atoms with Crippen LogP contribution < -0.4 is 0 Å². The zero-order valence-corrected chi connectivity index (χ0v) is 9.77. The minimum atomic E-state index is -1.22. The fourth-order valence-corrected chi connectivity index (χ4v) is 1.42. The Labute approximate surface area is 99.0 Å². The summed E-state index contributed by atoms with van der Waals surface area (Å²) in [5.41, 5.74) is -0.728. The predicted octanol–water partition coefficient (Wildman–Crippen LogP) is 1.79. The van der Waals surface area contributed by atoms with Crippen LogP contribution in [0.3, 0.4) is 0 Å². The molecule has 0 spiro atoms. The summed E-state index contributed by atoms with van der Waals surface area (Å²) in [5.74, 6) is -1.43. The van der Waals surface area contributed by atoms with Crippen molar-refractivity contribution in [3.63, 3.8) is 0 Å². The predicted molar refractivity (Wildman–Crippen MR) is 59.2 cm³/mol. The van der Waals surface area contributed by atoms with Crippen LogP contribution in [-0.4, -0.2) is 31.6 Å². The minimum absolute atomic E-state index is 0.0179. The maximum atomic E-state index is 12.8. The molecule has 94 valence electrons. The van der Waals surface area contributed by atoms with E-state index in [1.807, 2.05) is 0 Å². The van der Waals surface area contributed by atoms with Gasteiger partial charge in [-0.05, 0) is 24.6 Å². The van der Waals surface area contributed by atoms with Crippen LogP contribution in [0.4, 0.5) is 4.39 Å². The molecule has 0 aliphatic heterocycles. The number of methoxy groups -OCH3 is 1. The molecular weight excluding hydrogens is 227 g/mol. The summed E-state index contributed by atoms with van der Waals surface area (Å²) >= 11 is 0. The van der Waals surface area contributed by atoms with E-state index >= 15 is 0 Å². The van der Waals surface area contributed by atoms with Gasteiger partial charge < -0.3 is 14.6 Å². The maximum Gasteiger partial charge on any atom is 0.316 e. The minimum Gasteiger partial charge on any atom is -0.481 e. The van der Waals surface area contributed by atoms with Crippen LogP contribution in [0.5, 0.6) is 0 Å². The molecule has 0 amide bonds. The van der Waals surface area contributed by atoms with Crippen LogP contribution in [0.2, 0.25) is 0 Å². The molecular formula is C12H15FO4. The highest BCUT2D eigenvalue weighted by Crippen LogP contribution is 2.25. The van der Waals surface area contributed by atoms with Crippen molar-refractivity contribution in [2.45, 2.75) is 12.3 Å². The lowest BCUT2D eigenvalue weighted by Crippen LogP contribution is -2.37. The number of halogens is 1. The van der Waals surface area contributed by atoms with E-state index in [0.29, 0.717) is 5.56 Å². The van der Waals surface area contributed by atoms with E-state index in [4.69, 9.17) is 9.47 Å². The Bertz CT molecular complexity index is 377. The second-order valence-electron chi connectivity index (χ2n) is 3.90. The molecule has 0 aliphatic rings. The van der Waals surface area contributed by atoms with Gasteiger partial charge in [-0.3, -0.25) is 4.79 Å². The van der Waals surface area contributed by atoms with Crippen LogP contribution in [0.25, 0.3) is 0 Å². The van der Waals surface area contributed by atoms with Gasteiger partial charge in [0.05, 0.1) is 6.61 Å². The molecule has 17 heavy (non-hydrogen) atoms. The summed E-state index contributed by atoms with van der Waals surface area (Å²) in [7, 11) is 1.45. The average Bonchev–Trinajstić information content (AvgIpc) is 2.29. The van der Waals surface area contributed by atoms with Crippen molar-refractivity contribution >= 4 is 5.97 Å². The first-order valence-electron chi connectivity index (χ1n) is 5.07. The zero-order chi connectivity index (χ0) is 12.9. The van der Waals surface area contributed by atoms with Gasteiger partial charge in [-0.1, -0.05) is 12.1 Å². The summed E-state index contributed by atoms with van der Waals surface area (Å²) in [6.45, 7) is 1.50. The third kappa shape index (κ3) is 3.25. The van der Waals surface area contributed by atoms with Crippen molar-refractivity contribution in [1.82, 2.24) is 0 Å². The molecule has 0 fully saturated rings. The van der Waals surface area contributed by atoms with Crippen LogP contribution in [0.15, 0.2) is 24.3 Å². The quantitative estimate of drug-likeness (QED) is 0.610. The van der Waals surface area contributed by atoms with Crippen molar-refractivity contribution in [2.75, 3.05) is 20.5 Å². The number of benzene rings is 1. The molecule has 1 rings (SSSR count). The Morgan fingerprint density at radius 1 is 1.41 bits per heavy atom. The molecule has 1 atom stereocenters. The Balaban J connectivity index is 2.90. The molecule has 0 aliphatic carbocycles. The number of carboxylic acids is 1. The van der Waals surface area contributed by atoms with Gasteiger partial charge in [-0.2, -0.15) is 0 Å². The highest BCUT2D eigenvalue weighted by molar-refractivity contribution is 5.81. The van der Waals surface area contributed by atoms with Crippen molar-refractivity contribution < 1.29 is 23.8 Å². The molecule has 0 bridgehead atoms. The second kappa shape index (κ2) is 5.75. The number of hydrogen-bond acceptors (Lipinski definition) is 3. The normalized spacial score (nSPS) is 14.3. The number of ether oxygens (including phenoxy) is 2. The molecule has 1 aromatic carbocycles. The SMILES string of the molecule is COCOCC(C)(C(=O)O)c1ccc(F)cc1. The summed E-state index contributed by atoms with van der Waals surface area (Å²) in [4.78, 5) is 11.3. The topological polar surface area (TPSA) is 55.8 Å². The van der Waals surface area contributed by atoms with Crippen LogP contribution in [-0.2, 0) is 19.7 Å². The second-order valence-corrected chi connectivity index (χ2v) is 3.90. The van der Waals surface area contributed by atoms with E-state index in [0.717, 1.165) is 0 Å². The highest BCUT2D eigenvalue weighted by Gasteiger charge is 2.35. The molecule has 1 aromatic rings. The summed E-state index contributed by atoms with van der Waals surface area (Å²) < 4.78 is 22.6. The third-order valence-electron chi connectivity index (χ3n) is 2.55. The Kier molecular flexibility index (Phi) is 4.60. The summed E-state index contributed by atoms with van der Waals surface area (Å²) in [5, 5.41) is 9.24. The molecule has 0 aromatic heterocycles. The number of aliphatic carboxylic acids is 1. The maximum absolute atomic E-state index is 12.8. The molecule has 5 heteroatoms. The van der Waals surface area contributed by atoms with E-state index in [1.165, 1.54) is 38.3 Å². The smallest absolute Gasteiger partial charge is 0.316 e. The van der Waals surface area contributed by atoms with E-state index in [1.54, 1.807) is 0 Å². The van der Waals surface area contributed by atoms with E-state index in [-0.39, 0.29) is 13.4 Å². The van der Waals surface area contributed by atoms with Crippen molar-refractivity contribution in [3.05, 3.63) is 35.6 Å². The van der Waals surface area contributed by atoms with Gasteiger partial charge in [0.1, 0.15) is 18.0 Å². The van der Waals surface area contributed by atoms with Gasteiger partial charge in [-0.25, -0.2) is 4.39 Å². The molecule has 0 heterocycles. The van der Waals surface area contributed by atoms with Crippen LogP contribution in [0, 0.1) is 5.82 Å². The fourth-order valence-electron chi connectivity index (χ4n) is 1.42. The third-order valence-corrected chi connectivity index (χ3v) is 2.55. The molecule has 4 nitrogen and oxygen atoms in total. The standard InChI is InChI=1S/C12H15FO4/c1-12(11(14)15,7-17-8-16-2)9-3-5-10(13)6-4-9/h3-6H,7-8H2,1-2H3,(H,14,15). The van der Waals surface area contributed by atoms with Gasteiger partial charge in [0, 0.05) is 7.11 Å². The lowest BCUT2D eigenvalue weighted by Gasteiger charge is -2.24. The Morgan fingerprint density at radius 3 is 2.47 bits per heavy atom. The van der Waals surface area contributed by atoms with E-state index in [2.05, 4.69) is 0 Å². The lowest BCUT2D eigenvalue weighted by atomic mass is 9.83. The first-order chi connectivity index (χ1) is 8.00. The average molecular weight is 242 g/mol. The number of hydrogen-bond donors (Lipinski definition) is 1.